The van der Waals surface area contributed by atoms with Crippen molar-refractivity contribution in [2.45, 2.75) is 56.7 Å². The van der Waals surface area contributed by atoms with Crippen LogP contribution in [-0.4, -0.2) is 30.1 Å². The summed E-state index contributed by atoms with van der Waals surface area (Å²) < 4.78 is 0. The zero-order chi connectivity index (χ0) is 17.7. The molecule has 0 spiro atoms. The predicted octanol–water partition coefficient (Wildman–Crippen LogP) is 1.65. The van der Waals surface area contributed by atoms with Gasteiger partial charge in [-0.3, -0.25) is 4.79 Å². The fourth-order valence-corrected chi connectivity index (χ4v) is 3.50. The minimum Gasteiger partial charge on any atom is -0.352 e. The third-order valence-corrected chi connectivity index (χ3v) is 5.27. The second kappa shape index (κ2) is 7.87. The summed E-state index contributed by atoms with van der Waals surface area (Å²) in [5.74, 6) is 0.443. The maximum atomic E-state index is 12.7. The van der Waals surface area contributed by atoms with Crippen LogP contribution in [0.2, 0.25) is 0 Å². The summed E-state index contributed by atoms with van der Waals surface area (Å²) in [6.07, 6.45) is 5.55. The molecule has 0 aromatic heterocycles. The van der Waals surface area contributed by atoms with Crippen LogP contribution in [0.15, 0.2) is 30.3 Å². The van der Waals surface area contributed by atoms with Gasteiger partial charge in [-0.1, -0.05) is 43.2 Å². The Morgan fingerprint density at radius 3 is 2.44 bits per heavy atom. The van der Waals surface area contributed by atoms with Crippen molar-refractivity contribution < 1.29 is 9.59 Å². The molecule has 6 heteroatoms. The van der Waals surface area contributed by atoms with E-state index in [2.05, 4.69) is 16.0 Å². The minimum absolute atomic E-state index is 0.0225. The van der Waals surface area contributed by atoms with Crippen LogP contribution < -0.4 is 21.7 Å². The van der Waals surface area contributed by atoms with Gasteiger partial charge in [0, 0.05) is 19.1 Å². The summed E-state index contributed by atoms with van der Waals surface area (Å²) >= 11 is 0. The standard InChI is InChI=1S/C19H28N4O2/c20-16(15-8-9-15)13-21-17(24)19(10-4-5-11-19)23-18(25)22-12-14-6-2-1-3-7-14/h1-3,6-7,15-16H,4-5,8-13,20H2,(H,21,24)(H2,22,23,25). The van der Waals surface area contributed by atoms with Crippen LogP contribution in [0.25, 0.3) is 0 Å². The first-order valence-electron chi connectivity index (χ1n) is 9.23. The summed E-state index contributed by atoms with van der Waals surface area (Å²) in [7, 11) is 0. The van der Waals surface area contributed by atoms with E-state index in [0.717, 1.165) is 31.2 Å². The number of nitrogens with two attached hydrogens (primary N) is 1. The monoisotopic (exact) mass is 344 g/mol. The molecule has 0 aliphatic heterocycles. The molecule has 1 atom stereocenters. The van der Waals surface area contributed by atoms with Gasteiger partial charge in [0.1, 0.15) is 5.54 Å². The van der Waals surface area contributed by atoms with Gasteiger partial charge >= 0.3 is 6.03 Å². The van der Waals surface area contributed by atoms with Crippen molar-refractivity contribution >= 4 is 11.9 Å². The van der Waals surface area contributed by atoms with Gasteiger partial charge < -0.3 is 21.7 Å². The molecule has 1 unspecified atom stereocenters. The Morgan fingerprint density at radius 2 is 1.80 bits per heavy atom. The lowest BCUT2D eigenvalue weighted by Crippen LogP contribution is -2.60. The van der Waals surface area contributed by atoms with Crippen molar-refractivity contribution in [3.63, 3.8) is 0 Å². The number of hydrogen-bond acceptors (Lipinski definition) is 3. The Bertz CT molecular complexity index is 595. The second-order valence-corrected chi connectivity index (χ2v) is 7.29. The molecule has 2 saturated carbocycles. The molecule has 6 nitrogen and oxygen atoms in total. The number of urea groups is 1. The first-order valence-corrected chi connectivity index (χ1v) is 9.23. The van der Waals surface area contributed by atoms with E-state index in [0.29, 0.717) is 31.8 Å². The molecular weight excluding hydrogens is 316 g/mol. The summed E-state index contributed by atoms with van der Waals surface area (Å²) in [6, 6.07) is 9.44. The smallest absolute Gasteiger partial charge is 0.315 e. The highest BCUT2D eigenvalue weighted by atomic mass is 16.2. The van der Waals surface area contributed by atoms with E-state index in [1.165, 1.54) is 0 Å². The number of rotatable bonds is 7. The Labute approximate surface area is 148 Å². The van der Waals surface area contributed by atoms with Crippen LogP contribution in [0, 0.1) is 5.92 Å². The molecule has 3 rings (SSSR count). The lowest BCUT2D eigenvalue weighted by molar-refractivity contribution is -0.127. The lowest BCUT2D eigenvalue weighted by atomic mass is 9.96. The number of benzene rings is 1. The number of hydrogen-bond donors (Lipinski definition) is 4. The van der Waals surface area contributed by atoms with Crippen LogP contribution in [0.1, 0.15) is 44.1 Å². The fourth-order valence-electron chi connectivity index (χ4n) is 3.50. The molecule has 0 bridgehead atoms. The van der Waals surface area contributed by atoms with Gasteiger partial charge in [-0.25, -0.2) is 4.79 Å². The maximum Gasteiger partial charge on any atom is 0.315 e. The van der Waals surface area contributed by atoms with Crippen LogP contribution in [-0.2, 0) is 11.3 Å². The summed E-state index contributed by atoms with van der Waals surface area (Å²) in [5, 5.41) is 8.73. The van der Waals surface area contributed by atoms with Gasteiger partial charge in [-0.05, 0) is 37.2 Å². The highest BCUT2D eigenvalue weighted by Crippen LogP contribution is 2.32. The average molecular weight is 344 g/mol. The molecule has 136 valence electrons. The quantitative estimate of drug-likeness (QED) is 0.605. The van der Waals surface area contributed by atoms with Crippen LogP contribution in [0.4, 0.5) is 4.79 Å². The number of carbonyl (C=O) groups excluding carboxylic acids is 2. The van der Waals surface area contributed by atoms with Crippen LogP contribution >= 0.6 is 0 Å². The number of nitrogens with one attached hydrogen (secondary N) is 3. The topological polar surface area (TPSA) is 96.2 Å². The van der Waals surface area contributed by atoms with E-state index in [1.54, 1.807) is 0 Å². The molecule has 0 saturated heterocycles. The van der Waals surface area contributed by atoms with E-state index >= 15 is 0 Å². The molecule has 2 aliphatic rings. The summed E-state index contributed by atoms with van der Waals surface area (Å²) in [4.78, 5) is 25.0. The SMILES string of the molecule is NC(CNC(=O)C1(NC(=O)NCc2ccccc2)CCCC1)C1CC1. The van der Waals surface area contributed by atoms with Crippen LogP contribution in [0.3, 0.4) is 0 Å². The fraction of sp³-hybridized carbons (Fsp3) is 0.579. The first kappa shape index (κ1) is 17.7. The van der Waals surface area contributed by atoms with Gasteiger partial charge in [0.15, 0.2) is 0 Å². The van der Waals surface area contributed by atoms with Crippen molar-refractivity contribution in [3.05, 3.63) is 35.9 Å². The normalized spacial score (nSPS) is 19.9. The average Bonchev–Trinajstić information content (AvgIpc) is 3.38. The Hall–Kier alpha value is -2.08. The molecule has 1 aromatic carbocycles. The van der Waals surface area contributed by atoms with Crippen molar-refractivity contribution in [1.82, 2.24) is 16.0 Å². The zero-order valence-corrected chi connectivity index (χ0v) is 14.6. The molecule has 2 aliphatic carbocycles. The first-order chi connectivity index (χ1) is 12.1. The largest absolute Gasteiger partial charge is 0.352 e. The maximum absolute atomic E-state index is 12.7. The van der Waals surface area contributed by atoms with E-state index in [4.69, 9.17) is 5.73 Å². The molecule has 2 fully saturated rings. The molecule has 25 heavy (non-hydrogen) atoms. The van der Waals surface area contributed by atoms with E-state index < -0.39 is 5.54 Å². The van der Waals surface area contributed by atoms with Gasteiger partial charge in [-0.15, -0.1) is 0 Å². The number of amides is 3. The van der Waals surface area contributed by atoms with Gasteiger partial charge in [-0.2, -0.15) is 0 Å². The van der Waals surface area contributed by atoms with Gasteiger partial charge in [0.2, 0.25) is 5.91 Å². The molecular formula is C19H28N4O2. The van der Waals surface area contributed by atoms with Gasteiger partial charge in [0.25, 0.3) is 0 Å². The minimum atomic E-state index is -0.802. The van der Waals surface area contributed by atoms with E-state index in [9.17, 15) is 9.59 Å². The van der Waals surface area contributed by atoms with Gasteiger partial charge in [0.05, 0.1) is 0 Å². The lowest BCUT2D eigenvalue weighted by Gasteiger charge is -2.29. The highest BCUT2D eigenvalue weighted by molar-refractivity contribution is 5.91. The van der Waals surface area contributed by atoms with Crippen molar-refractivity contribution in [3.8, 4) is 0 Å². The zero-order valence-electron chi connectivity index (χ0n) is 14.6. The third-order valence-electron chi connectivity index (χ3n) is 5.27. The Morgan fingerprint density at radius 1 is 1.12 bits per heavy atom. The Balaban J connectivity index is 1.52. The predicted molar refractivity (Wildman–Crippen MR) is 96.7 cm³/mol. The van der Waals surface area contributed by atoms with Crippen molar-refractivity contribution in [2.75, 3.05) is 6.54 Å². The van der Waals surface area contributed by atoms with Crippen molar-refractivity contribution in [2.24, 2.45) is 11.7 Å². The molecule has 3 amide bonds. The van der Waals surface area contributed by atoms with Crippen molar-refractivity contribution in [1.29, 1.82) is 0 Å². The van der Waals surface area contributed by atoms with E-state index in [-0.39, 0.29) is 18.0 Å². The summed E-state index contributed by atoms with van der Waals surface area (Å²) in [5.41, 5.74) is 6.29. The highest BCUT2D eigenvalue weighted by Gasteiger charge is 2.42. The molecule has 1 aromatic rings. The Kier molecular flexibility index (Phi) is 5.58. The van der Waals surface area contributed by atoms with Crippen LogP contribution in [0.5, 0.6) is 0 Å². The van der Waals surface area contributed by atoms with E-state index in [1.807, 2.05) is 30.3 Å². The number of carbonyl (C=O) groups is 2. The second-order valence-electron chi connectivity index (χ2n) is 7.29. The molecule has 0 heterocycles. The third kappa shape index (κ3) is 4.72. The molecule has 5 N–H and O–H groups in total. The molecule has 0 radical (unpaired) electrons. The summed E-state index contributed by atoms with van der Waals surface area (Å²) in [6.45, 7) is 0.926.